The van der Waals surface area contributed by atoms with E-state index in [2.05, 4.69) is 52.0 Å². The molecule has 3 saturated heterocycles. The smallest absolute Gasteiger partial charge is 0.0419 e. The Labute approximate surface area is 178 Å². The van der Waals surface area contributed by atoms with Crippen LogP contribution in [0.1, 0.15) is 76.3 Å². The van der Waals surface area contributed by atoms with Crippen LogP contribution in [0, 0.1) is 5.41 Å². The van der Waals surface area contributed by atoms with Crippen LogP contribution in [0.25, 0.3) is 0 Å². The lowest BCUT2D eigenvalue weighted by molar-refractivity contribution is -0.135. The van der Waals surface area contributed by atoms with Gasteiger partial charge in [-0.25, -0.2) is 0 Å². The molecule has 0 amide bonds. The molecule has 0 N–H and O–H groups in total. The van der Waals surface area contributed by atoms with Gasteiger partial charge >= 0.3 is 0 Å². The van der Waals surface area contributed by atoms with Gasteiger partial charge in [-0.1, -0.05) is 56.5 Å². The van der Waals surface area contributed by atoms with E-state index in [0.29, 0.717) is 11.5 Å². The van der Waals surface area contributed by atoms with Crippen LogP contribution >= 0.6 is 0 Å². The van der Waals surface area contributed by atoms with E-state index in [0.717, 1.165) is 12.1 Å². The van der Waals surface area contributed by atoms with Crippen LogP contribution in [-0.4, -0.2) is 66.1 Å². The Morgan fingerprint density at radius 3 is 2.14 bits per heavy atom. The number of piperidine rings is 2. The first-order valence-electron chi connectivity index (χ1n) is 12.6. The second kappa shape index (κ2) is 8.69. The molecular weight excluding hydrogens is 354 g/mol. The molecule has 160 valence electrons. The van der Waals surface area contributed by atoms with E-state index in [-0.39, 0.29) is 0 Å². The Balaban J connectivity index is 1.22. The summed E-state index contributed by atoms with van der Waals surface area (Å²) in [4.78, 5) is 8.40. The van der Waals surface area contributed by atoms with Gasteiger partial charge in [0.15, 0.2) is 0 Å². The molecule has 1 aliphatic carbocycles. The maximum absolute atomic E-state index is 2.93. The molecule has 1 unspecified atom stereocenters. The molecule has 1 spiro atoms. The largest absolute Gasteiger partial charge is 0.303 e. The summed E-state index contributed by atoms with van der Waals surface area (Å²) in [6, 6.07) is 13.9. The molecule has 0 aromatic heterocycles. The van der Waals surface area contributed by atoms with E-state index in [1.54, 1.807) is 5.56 Å². The van der Waals surface area contributed by atoms with Gasteiger partial charge in [-0.2, -0.15) is 0 Å². The molecular formula is C26H41N3. The van der Waals surface area contributed by atoms with Crippen LogP contribution in [-0.2, 0) is 0 Å². The van der Waals surface area contributed by atoms with E-state index in [4.69, 9.17) is 0 Å². The Hall–Kier alpha value is -0.900. The highest BCUT2D eigenvalue weighted by molar-refractivity contribution is 5.26. The van der Waals surface area contributed by atoms with Gasteiger partial charge in [0, 0.05) is 30.1 Å². The van der Waals surface area contributed by atoms with Crippen molar-refractivity contribution < 1.29 is 0 Å². The van der Waals surface area contributed by atoms with Crippen molar-refractivity contribution in [3.05, 3.63) is 35.9 Å². The predicted molar refractivity (Wildman–Crippen MR) is 121 cm³/mol. The molecule has 4 fully saturated rings. The fourth-order valence-corrected chi connectivity index (χ4v) is 7.17. The summed E-state index contributed by atoms with van der Waals surface area (Å²) in [5.74, 6) is 0. The maximum Gasteiger partial charge on any atom is 0.0419 e. The number of hydrogen-bond acceptors (Lipinski definition) is 3. The molecule has 1 aromatic carbocycles. The quantitative estimate of drug-likeness (QED) is 0.715. The summed E-state index contributed by atoms with van der Waals surface area (Å²) >= 11 is 0. The van der Waals surface area contributed by atoms with E-state index in [1.165, 1.54) is 97.1 Å². The monoisotopic (exact) mass is 395 g/mol. The van der Waals surface area contributed by atoms with Crippen molar-refractivity contribution in [1.82, 2.24) is 14.7 Å². The average Bonchev–Trinajstić information content (AvgIpc) is 2.79. The average molecular weight is 396 g/mol. The van der Waals surface area contributed by atoms with Crippen molar-refractivity contribution in [3.63, 3.8) is 0 Å². The molecule has 3 nitrogen and oxygen atoms in total. The first-order chi connectivity index (χ1) is 14.3. The van der Waals surface area contributed by atoms with Crippen LogP contribution < -0.4 is 0 Å². The summed E-state index contributed by atoms with van der Waals surface area (Å²) in [5.41, 5.74) is 2.18. The van der Waals surface area contributed by atoms with Crippen LogP contribution in [0.4, 0.5) is 0 Å². The van der Waals surface area contributed by atoms with Crippen LogP contribution in [0.5, 0.6) is 0 Å². The number of rotatable bonds is 4. The van der Waals surface area contributed by atoms with Gasteiger partial charge in [0.25, 0.3) is 0 Å². The zero-order valence-electron chi connectivity index (χ0n) is 18.6. The lowest BCUT2D eigenvalue weighted by Crippen LogP contribution is -2.64. The second-order valence-electron chi connectivity index (χ2n) is 10.3. The van der Waals surface area contributed by atoms with E-state index in [1.807, 2.05) is 0 Å². The summed E-state index contributed by atoms with van der Waals surface area (Å²) < 4.78 is 0. The molecule has 3 aliphatic heterocycles. The van der Waals surface area contributed by atoms with Gasteiger partial charge in [-0.3, -0.25) is 4.90 Å². The van der Waals surface area contributed by atoms with Crippen molar-refractivity contribution in [3.8, 4) is 0 Å². The van der Waals surface area contributed by atoms with E-state index in [9.17, 15) is 0 Å². The third-order valence-electron chi connectivity index (χ3n) is 8.86. The number of likely N-dealkylation sites (tertiary alicyclic amines) is 3. The number of nitrogens with zero attached hydrogens (tertiary/aromatic N) is 3. The van der Waals surface area contributed by atoms with Crippen LogP contribution in [0.3, 0.4) is 0 Å². The highest BCUT2D eigenvalue weighted by Crippen LogP contribution is 2.58. The summed E-state index contributed by atoms with van der Waals surface area (Å²) in [6.07, 6.45) is 12.8. The van der Waals surface area contributed by atoms with Crippen molar-refractivity contribution in [2.45, 2.75) is 82.8 Å². The van der Waals surface area contributed by atoms with E-state index < -0.39 is 0 Å². The zero-order chi connectivity index (χ0) is 19.7. The molecule has 29 heavy (non-hydrogen) atoms. The highest BCUT2D eigenvalue weighted by atomic mass is 15.3. The molecule has 5 rings (SSSR count). The van der Waals surface area contributed by atoms with Gasteiger partial charge in [-0.15, -0.1) is 0 Å². The highest BCUT2D eigenvalue weighted by Gasteiger charge is 2.54. The van der Waals surface area contributed by atoms with Crippen molar-refractivity contribution in [2.75, 3.05) is 39.3 Å². The van der Waals surface area contributed by atoms with Crippen molar-refractivity contribution in [1.29, 1.82) is 0 Å². The standard InChI is InChI=1S/C26H41N3/c1-2-27-17-11-23(12-18-27)28-19-13-24(14-20-28)29-21-26(15-7-4-8-16-26)25(29)22-9-5-3-6-10-22/h3,5-6,9-10,23-25H,2,4,7-8,11-21H2,1H3. The fraction of sp³-hybridized carbons (Fsp3) is 0.769. The van der Waals surface area contributed by atoms with Gasteiger partial charge in [0.2, 0.25) is 0 Å². The minimum absolute atomic E-state index is 0.587. The van der Waals surface area contributed by atoms with Crippen molar-refractivity contribution >= 4 is 0 Å². The topological polar surface area (TPSA) is 9.72 Å². The van der Waals surface area contributed by atoms with Crippen LogP contribution in [0.15, 0.2) is 30.3 Å². The minimum Gasteiger partial charge on any atom is -0.303 e. The second-order valence-corrected chi connectivity index (χ2v) is 10.3. The third kappa shape index (κ3) is 3.91. The molecule has 1 saturated carbocycles. The SMILES string of the molecule is CCN1CCC(N2CCC(N3CC4(CCCCC4)C3c3ccccc3)CC2)CC1. The van der Waals surface area contributed by atoms with Crippen molar-refractivity contribution in [2.24, 2.45) is 5.41 Å². The Morgan fingerprint density at radius 2 is 1.48 bits per heavy atom. The molecule has 3 heteroatoms. The van der Waals surface area contributed by atoms with Gasteiger partial charge < -0.3 is 9.80 Å². The maximum atomic E-state index is 2.93. The Morgan fingerprint density at radius 1 is 0.828 bits per heavy atom. The molecule has 3 heterocycles. The fourth-order valence-electron chi connectivity index (χ4n) is 7.17. The predicted octanol–water partition coefficient (Wildman–Crippen LogP) is 4.94. The molecule has 1 aromatic rings. The molecule has 0 bridgehead atoms. The molecule has 1 atom stereocenters. The number of benzene rings is 1. The summed E-state index contributed by atoms with van der Waals surface area (Å²) in [5, 5.41) is 0. The molecule has 0 radical (unpaired) electrons. The zero-order valence-corrected chi connectivity index (χ0v) is 18.6. The van der Waals surface area contributed by atoms with E-state index >= 15 is 0 Å². The lowest BCUT2D eigenvalue weighted by Gasteiger charge is -2.63. The van der Waals surface area contributed by atoms with Gasteiger partial charge in [-0.05, 0) is 76.8 Å². The van der Waals surface area contributed by atoms with Gasteiger partial charge in [0.05, 0.1) is 0 Å². The first-order valence-corrected chi connectivity index (χ1v) is 12.6. The first kappa shape index (κ1) is 20.0. The van der Waals surface area contributed by atoms with Gasteiger partial charge in [0.1, 0.15) is 0 Å². The Bertz CT molecular complexity index is 637. The Kier molecular flexibility index (Phi) is 6.00. The van der Waals surface area contributed by atoms with Crippen LogP contribution in [0.2, 0.25) is 0 Å². The minimum atomic E-state index is 0.587. The normalized spacial score (nSPS) is 30.4. The lowest BCUT2D eigenvalue weighted by atomic mass is 9.60. The third-order valence-corrected chi connectivity index (χ3v) is 8.86. The summed E-state index contributed by atoms with van der Waals surface area (Å²) in [7, 11) is 0. The summed E-state index contributed by atoms with van der Waals surface area (Å²) in [6.45, 7) is 10.2. The number of hydrogen-bond donors (Lipinski definition) is 0. The molecule has 4 aliphatic rings.